The van der Waals surface area contributed by atoms with Gasteiger partial charge < -0.3 is 14.8 Å². The van der Waals surface area contributed by atoms with E-state index >= 15 is 0 Å². The third kappa shape index (κ3) is 3.96. The fraction of sp³-hybridized carbons (Fsp3) is 0.400. The summed E-state index contributed by atoms with van der Waals surface area (Å²) in [5.41, 5.74) is 2.25. The van der Waals surface area contributed by atoms with Crippen molar-refractivity contribution in [2.24, 2.45) is 5.92 Å². The summed E-state index contributed by atoms with van der Waals surface area (Å²) < 4.78 is 10.8. The number of benzene rings is 1. The second-order valence-corrected chi connectivity index (χ2v) is 6.82. The first-order chi connectivity index (χ1) is 12.8. The molecule has 0 bridgehead atoms. The average molecular weight is 353 g/mol. The van der Waals surface area contributed by atoms with Gasteiger partial charge in [0, 0.05) is 31.4 Å². The number of aromatic nitrogens is 1. The molecule has 0 radical (unpaired) electrons. The predicted octanol–water partition coefficient (Wildman–Crippen LogP) is 2.34. The molecule has 0 aliphatic carbocycles. The Morgan fingerprint density at radius 1 is 1.15 bits per heavy atom. The van der Waals surface area contributed by atoms with Crippen molar-refractivity contribution in [3.8, 4) is 11.5 Å². The van der Waals surface area contributed by atoms with Gasteiger partial charge in [0.2, 0.25) is 12.7 Å². The summed E-state index contributed by atoms with van der Waals surface area (Å²) in [6.07, 6.45) is 5.31. The highest BCUT2D eigenvalue weighted by Gasteiger charge is 2.25. The van der Waals surface area contributed by atoms with Crippen molar-refractivity contribution in [3.63, 3.8) is 0 Å². The van der Waals surface area contributed by atoms with Gasteiger partial charge in [-0.3, -0.25) is 14.7 Å². The van der Waals surface area contributed by atoms with Gasteiger partial charge in [-0.15, -0.1) is 0 Å². The van der Waals surface area contributed by atoms with Crippen molar-refractivity contribution >= 4 is 5.91 Å². The summed E-state index contributed by atoms with van der Waals surface area (Å²) in [7, 11) is 0. The first-order valence-corrected chi connectivity index (χ1v) is 9.05. The minimum Gasteiger partial charge on any atom is -0.454 e. The van der Waals surface area contributed by atoms with Gasteiger partial charge in [-0.05, 0) is 55.3 Å². The lowest BCUT2D eigenvalue weighted by atomic mass is 9.95. The van der Waals surface area contributed by atoms with Gasteiger partial charge in [-0.1, -0.05) is 12.1 Å². The number of piperidine rings is 1. The quantitative estimate of drug-likeness (QED) is 0.894. The van der Waals surface area contributed by atoms with Crippen molar-refractivity contribution in [2.45, 2.75) is 25.9 Å². The molecule has 2 aliphatic rings. The van der Waals surface area contributed by atoms with E-state index in [-0.39, 0.29) is 11.8 Å². The Morgan fingerprint density at radius 3 is 2.81 bits per heavy atom. The average Bonchev–Trinajstić information content (AvgIpc) is 3.15. The SMILES string of the molecule is O=C(NCc1cccnc1)C1CCN(Cc2ccc3c(c2)OCO3)CC1. The minimum absolute atomic E-state index is 0.0969. The normalized spacial score (nSPS) is 17.2. The van der Waals surface area contributed by atoms with E-state index in [2.05, 4.69) is 27.3 Å². The molecule has 26 heavy (non-hydrogen) atoms. The summed E-state index contributed by atoms with van der Waals surface area (Å²) in [4.78, 5) is 18.8. The second kappa shape index (κ2) is 7.74. The number of pyridine rings is 1. The van der Waals surface area contributed by atoms with Crippen LogP contribution in [0.25, 0.3) is 0 Å². The molecule has 0 spiro atoms. The maximum atomic E-state index is 12.4. The van der Waals surface area contributed by atoms with Gasteiger partial charge in [0.15, 0.2) is 11.5 Å². The van der Waals surface area contributed by atoms with Crippen molar-refractivity contribution in [2.75, 3.05) is 19.9 Å². The molecule has 1 saturated heterocycles. The third-order valence-electron chi connectivity index (χ3n) is 4.99. The first kappa shape index (κ1) is 16.8. The van der Waals surface area contributed by atoms with E-state index in [1.54, 1.807) is 12.4 Å². The molecule has 3 heterocycles. The highest BCUT2D eigenvalue weighted by Crippen LogP contribution is 2.33. The molecule has 6 nitrogen and oxygen atoms in total. The fourth-order valence-electron chi connectivity index (χ4n) is 3.49. The van der Waals surface area contributed by atoms with Crippen LogP contribution in [-0.4, -0.2) is 35.7 Å². The smallest absolute Gasteiger partial charge is 0.231 e. The van der Waals surface area contributed by atoms with Gasteiger partial charge in [-0.25, -0.2) is 0 Å². The van der Waals surface area contributed by atoms with Crippen LogP contribution in [0.4, 0.5) is 0 Å². The van der Waals surface area contributed by atoms with Crippen LogP contribution in [0.3, 0.4) is 0 Å². The topological polar surface area (TPSA) is 63.7 Å². The monoisotopic (exact) mass is 353 g/mol. The molecule has 6 heteroatoms. The van der Waals surface area contributed by atoms with E-state index < -0.39 is 0 Å². The molecular formula is C20H23N3O3. The lowest BCUT2D eigenvalue weighted by Gasteiger charge is -2.31. The zero-order valence-corrected chi connectivity index (χ0v) is 14.7. The van der Waals surface area contributed by atoms with Crippen LogP contribution in [0.15, 0.2) is 42.7 Å². The van der Waals surface area contributed by atoms with Crippen LogP contribution in [0.1, 0.15) is 24.0 Å². The number of hydrogen-bond donors (Lipinski definition) is 1. The van der Waals surface area contributed by atoms with Gasteiger partial charge in [0.05, 0.1) is 0 Å². The molecule has 1 fully saturated rings. The second-order valence-electron chi connectivity index (χ2n) is 6.82. The molecule has 2 aliphatic heterocycles. The minimum atomic E-state index is 0.0969. The molecule has 2 aromatic rings. The van der Waals surface area contributed by atoms with E-state index in [4.69, 9.17) is 9.47 Å². The highest BCUT2D eigenvalue weighted by atomic mass is 16.7. The number of carbonyl (C=O) groups is 1. The Hall–Kier alpha value is -2.60. The van der Waals surface area contributed by atoms with E-state index in [9.17, 15) is 4.79 Å². The van der Waals surface area contributed by atoms with Crippen LogP contribution in [0.2, 0.25) is 0 Å². The number of nitrogens with one attached hydrogen (secondary N) is 1. The maximum Gasteiger partial charge on any atom is 0.231 e. The molecular weight excluding hydrogens is 330 g/mol. The van der Waals surface area contributed by atoms with E-state index in [1.165, 1.54) is 5.56 Å². The number of hydrogen-bond acceptors (Lipinski definition) is 5. The van der Waals surface area contributed by atoms with Gasteiger partial charge in [-0.2, -0.15) is 0 Å². The number of amides is 1. The number of nitrogens with zero attached hydrogens (tertiary/aromatic N) is 2. The molecule has 136 valence electrons. The Bertz CT molecular complexity index is 758. The van der Waals surface area contributed by atoms with Crippen LogP contribution in [0.5, 0.6) is 11.5 Å². The maximum absolute atomic E-state index is 12.4. The van der Waals surface area contributed by atoms with Crippen molar-refractivity contribution in [1.82, 2.24) is 15.2 Å². The van der Waals surface area contributed by atoms with Gasteiger partial charge >= 0.3 is 0 Å². The number of carbonyl (C=O) groups excluding carboxylic acids is 1. The lowest BCUT2D eigenvalue weighted by Crippen LogP contribution is -2.40. The van der Waals surface area contributed by atoms with E-state index in [0.717, 1.165) is 49.5 Å². The summed E-state index contributed by atoms with van der Waals surface area (Å²) >= 11 is 0. The van der Waals surface area contributed by atoms with Crippen molar-refractivity contribution in [3.05, 3.63) is 53.9 Å². The lowest BCUT2D eigenvalue weighted by molar-refractivity contribution is -0.126. The van der Waals surface area contributed by atoms with Crippen LogP contribution >= 0.6 is 0 Å². The Balaban J connectivity index is 1.24. The van der Waals surface area contributed by atoms with Gasteiger partial charge in [0.1, 0.15) is 0 Å². The predicted molar refractivity (Wildman–Crippen MR) is 96.6 cm³/mol. The summed E-state index contributed by atoms with van der Waals surface area (Å²) in [5.74, 6) is 1.89. The molecule has 0 atom stereocenters. The largest absolute Gasteiger partial charge is 0.454 e. The standard InChI is InChI=1S/C20H23N3O3/c24-20(22-12-16-2-1-7-21-11-16)17-5-8-23(9-6-17)13-15-3-4-18-19(10-15)26-14-25-18/h1-4,7,10-11,17H,5-6,8-9,12-14H2,(H,22,24). The number of likely N-dealkylation sites (tertiary alicyclic amines) is 1. The molecule has 4 rings (SSSR count). The molecule has 1 aromatic carbocycles. The molecule has 1 amide bonds. The summed E-state index contributed by atoms with van der Waals surface area (Å²) in [6, 6.07) is 9.96. The van der Waals surface area contributed by atoms with Crippen molar-refractivity contribution in [1.29, 1.82) is 0 Å². The summed E-state index contributed by atoms with van der Waals surface area (Å²) in [6.45, 7) is 3.59. The fourth-order valence-corrected chi connectivity index (χ4v) is 3.49. The Kier molecular flexibility index (Phi) is 5.02. The zero-order valence-electron chi connectivity index (χ0n) is 14.7. The van der Waals surface area contributed by atoms with E-state index in [0.29, 0.717) is 13.3 Å². The molecule has 1 N–H and O–H groups in total. The highest BCUT2D eigenvalue weighted by molar-refractivity contribution is 5.78. The summed E-state index contributed by atoms with van der Waals surface area (Å²) in [5, 5.41) is 3.03. The van der Waals surface area contributed by atoms with Crippen LogP contribution in [-0.2, 0) is 17.9 Å². The van der Waals surface area contributed by atoms with Crippen molar-refractivity contribution < 1.29 is 14.3 Å². The molecule has 0 saturated carbocycles. The molecule has 1 aromatic heterocycles. The zero-order chi connectivity index (χ0) is 17.8. The van der Waals surface area contributed by atoms with Crippen LogP contribution in [0, 0.1) is 5.92 Å². The number of fused-ring (bicyclic) bond motifs is 1. The van der Waals surface area contributed by atoms with Gasteiger partial charge in [0.25, 0.3) is 0 Å². The molecule has 0 unspecified atom stereocenters. The number of rotatable bonds is 5. The first-order valence-electron chi connectivity index (χ1n) is 9.05. The van der Waals surface area contributed by atoms with Crippen LogP contribution < -0.4 is 14.8 Å². The third-order valence-corrected chi connectivity index (χ3v) is 4.99. The number of ether oxygens (including phenoxy) is 2. The Morgan fingerprint density at radius 2 is 2.00 bits per heavy atom. The van der Waals surface area contributed by atoms with E-state index in [1.807, 2.05) is 18.2 Å². The Labute approximate surface area is 153 Å².